The topological polar surface area (TPSA) is 67.2 Å². The number of hydrogen-bond acceptors (Lipinski definition) is 4. The number of nitrogens with zero attached hydrogens (tertiary/aromatic N) is 2. The Morgan fingerprint density at radius 1 is 1.67 bits per heavy atom. The molecule has 1 unspecified atom stereocenters. The van der Waals surface area contributed by atoms with Gasteiger partial charge in [-0.1, -0.05) is 6.92 Å². The van der Waals surface area contributed by atoms with Gasteiger partial charge in [-0.15, -0.1) is 11.8 Å². The van der Waals surface area contributed by atoms with Crippen molar-refractivity contribution in [2.45, 2.75) is 37.1 Å². The Morgan fingerprint density at radius 3 is 2.89 bits per heavy atom. The highest BCUT2D eigenvalue weighted by Crippen LogP contribution is 2.21. The van der Waals surface area contributed by atoms with E-state index in [0.29, 0.717) is 6.42 Å². The zero-order valence-corrected chi connectivity index (χ0v) is 12.0. The Hall–Kier alpha value is -1.01. The standard InChI is InChI=1S/C12H21N3O2S/c1-4-6-13-12(2,11(16)17)5-7-18-10-8-14-15(3)9-10/h8-9,13H,4-7H2,1-3H3,(H,16,17). The van der Waals surface area contributed by atoms with Gasteiger partial charge in [0, 0.05) is 23.9 Å². The summed E-state index contributed by atoms with van der Waals surface area (Å²) < 4.78 is 1.74. The van der Waals surface area contributed by atoms with Crippen LogP contribution in [0.5, 0.6) is 0 Å². The first-order chi connectivity index (χ1) is 8.48. The van der Waals surface area contributed by atoms with Crippen LogP contribution in [0.25, 0.3) is 0 Å². The minimum Gasteiger partial charge on any atom is -0.480 e. The number of hydrogen-bond donors (Lipinski definition) is 2. The van der Waals surface area contributed by atoms with Crippen LogP contribution in [0.15, 0.2) is 17.3 Å². The summed E-state index contributed by atoms with van der Waals surface area (Å²) in [6.07, 6.45) is 5.24. The molecular formula is C12H21N3O2S. The molecule has 0 bridgehead atoms. The van der Waals surface area contributed by atoms with Crippen LogP contribution in [0.1, 0.15) is 26.7 Å². The van der Waals surface area contributed by atoms with Gasteiger partial charge in [-0.3, -0.25) is 9.48 Å². The molecular weight excluding hydrogens is 250 g/mol. The molecule has 1 aromatic rings. The predicted octanol–water partition coefficient (Wildman–Crippen LogP) is 1.75. The Morgan fingerprint density at radius 2 is 2.39 bits per heavy atom. The normalized spacial score (nSPS) is 14.4. The minimum absolute atomic E-state index is 0.585. The molecule has 0 aliphatic heterocycles. The lowest BCUT2D eigenvalue weighted by atomic mass is 9.99. The second-order valence-corrected chi connectivity index (χ2v) is 5.68. The van der Waals surface area contributed by atoms with Crippen LogP contribution in [0.3, 0.4) is 0 Å². The number of thioether (sulfide) groups is 1. The van der Waals surface area contributed by atoms with Crippen molar-refractivity contribution in [2.75, 3.05) is 12.3 Å². The van der Waals surface area contributed by atoms with Gasteiger partial charge in [-0.05, 0) is 26.3 Å². The molecule has 0 aliphatic carbocycles. The maximum Gasteiger partial charge on any atom is 0.323 e. The highest BCUT2D eigenvalue weighted by atomic mass is 32.2. The van der Waals surface area contributed by atoms with Crippen LogP contribution >= 0.6 is 11.8 Å². The first kappa shape index (κ1) is 15.0. The fraction of sp³-hybridized carbons (Fsp3) is 0.667. The fourth-order valence-electron chi connectivity index (χ4n) is 1.52. The molecule has 1 aromatic heterocycles. The molecule has 0 aromatic carbocycles. The van der Waals surface area contributed by atoms with Crippen molar-refractivity contribution in [2.24, 2.45) is 7.05 Å². The van der Waals surface area contributed by atoms with E-state index in [1.54, 1.807) is 29.6 Å². The van der Waals surface area contributed by atoms with Crippen molar-refractivity contribution in [3.8, 4) is 0 Å². The average Bonchev–Trinajstić information content (AvgIpc) is 2.72. The van der Waals surface area contributed by atoms with Gasteiger partial charge < -0.3 is 10.4 Å². The van der Waals surface area contributed by atoms with Crippen molar-refractivity contribution in [1.82, 2.24) is 15.1 Å². The molecule has 0 saturated carbocycles. The quantitative estimate of drug-likeness (QED) is 0.705. The molecule has 2 N–H and O–H groups in total. The summed E-state index contributed by atoms with van der Waals surface area (Å²) in [6, 6.07) is 0. The molecule has 1 heterocycles. The minimum atomic E-state index is -0.842. The van der Waals surface area contributed by atoms with E-state index < -0.39 is 11.5 Å². The van der Waals surface area contributed by atoms with Gasteiger partial charge >= 0.3 is 5.97 Å². The van der Waals surface area contributed by atoms with Crippen LogP contribution < -0.4 is 5.32 Å². The van der Waals surface area contributed by atoms with Crippen molar-refractivity contribution < 1.29 is 9.90 Å². The summed E-state index contributed by atoms with van der Waals surface area (Å²) in [6.45, 7) is 4.49. The van der Waals surface area contributed by atoms with Crippen LogP contribution in [0.2, 0.25) is 0 Å². The molecule has 0 radical (unpaired) electrons. The average molecular weight is 271 g/mol. The zero-order chi connectivity index (χ0) is 13.6. The zero-order valence-electron chi connectivity index (χ0n) is 11.1. The first-order valence-corrected chi connectivity index (χ1v) is 7.06. The van der Waals surface area contributed by atoms with Crippen molar-refractivity contribution >= 4 is 17.7 Å². The number of nitrogens with one attached hydrogen (secondary N) is 1. The van der Waals surface area contributed by atoms with Gasteiger partial charge in [0.25, 0.3) is 0 Å². The van der Waals surface area contributed by atoms with Crippen LogP contribution in [-0.4, -0.2) is 38.7 Å². The monoisotopic (exact) mass is 271 g/mol. The number of rotatable bonds is 8. The van der Waals surface area contributed by atoms with Gasteiger partial charge in [0.15, 0.2) is 0 Å². The third-order valence-electron chi connectivity index (χ3n) is 2.79. The molecule has 1 atom stereocenters. The van der Waals surface area contributed by atoms with E-state index in [1.165, 1.54) is 0 Å². The summed E-state index contributed by atoms with van der Waals surface area (Å²) >= 11 is 1.63. The molecule has 0 saturated heterocycles. The van der Waals surface area contributed by atoms with Crippen molar-refractivity contribution in [3.05, 3.63) is 12.4 Å². The largest absolute Gasteiger partial charge is 0.480 e. The van der Waals surface area contributed by atoms with E-state index in [0.717, 1.165) is 23.6 Å². The van der Waals surface area contributed by atoms with Gasteiger partial charge in [-0.2, -0.15) is 5.10 Å². The number of aromatic nitrogens is 2. The number of aryl methyl sites for hydroxylation is 1. The van der Waals surface area contributed by atoms with Gasteiger partial charge in [-0.25, -0.2) is 0 Å². The predicted molar refractivity (Wildman–Crippen MR) is 72.9 cm³/mol. The summed E-state index contributed by atoms with van der Waals surface area (Å²) in [5.74, 6) is -0.0340. The maximum absolute atomic E-state index is 11.3. The number of carboxylic acids is 1. The van der Waals surface area contributed by atoms with Crippen molar-refractivity contribution in [1.29, 1.82) is 0 Å². The lowest BCUT2D eigenvalue weighted by Gasteiger charge is -2.25. The molecule has 0 aliphatic rings. The summed E-state index contributed by atoms with van der Waals surface area (Å²) in [5, 5.41) is 16.5. The molecule has 6 heteroatoms. The molecule has 5 nitrogen and oxygen atoms in total. The lowest BCUT2D eigenvalue weighted by molar-refractivity contribution is -0.144. The molecule has 0 amide bonds. The van der Waals surface area contributed by atoms with E-state index >= 15 is 0 Å². The van der Waals surface area contributed by atoms with Crippen LogP contribution in [0.4, 0.5) is 0 Å². The molecule has 18 heavy (non-hydrogen) atoms. The first-order valence-electron chi connectivity index (χ1n) is 6.08. The Balaban J connectivity index is 2.44. The van der Waals surface area contributed by atoms with E-state index in [1.807, 2.05) is 20.2 Å². The fourth-order valence-corrected chi connectivity index (χ4v) is 2.61. The molecule has 102 valence electrons. The highest BCUT2D eigenvalue weighted by Gasteiger charge is 2.31. The maximum atomic E-state index is 11.3. The van der Waals surface area contributed by atoms with E-state index in [-0.39, 0.29) is 0 Å². The third kappa shape index (κ3) is 4.34. The van der Waals surface area contributed by atoms with E-state index in [9.17, 15) is 9.90 Å². The molecule has 0 spiro atoms. The second-order valence-electron chi connectivity index (χ2n) is 4.51. The summed E-state index contributed by atoms with van der Waals surface area (Å²) in [5.41, 5.74) is -0.842. The van der Waals surface area contributed by atoms with Crippen LogP contribution in [0, 0.1) is 0 Å². The number of carboxylic acid groups (broad SMARTS) is 1. The summed E-state index contributed by atoms with van der Waals surface area (Å²) in [7, 11) is 1.87. The lowest BCUT2D eigenvalue weighted by Crippen LogP contribution is -2.50. The van der Waals surface area contributed by atoms with Gasteiger partial charge in [0.1, 0.15) is 5.54 Å². The Kier molecular flexibility index (Phi) is 5.68. The van der Waals surface area contributed by atoms with Crippen molar-refractivity contribution in [3.63, 3.8) is 0 Å². The number of aliphatic carboxylic acids is 1. The molecule has 0 fully saturated rings. The second kappa shape index (κ2) is 6.80. The highest BCUT2D eigenvalue weighted by molar-refractivity contribution is 7.99. The van der Waals surface area contributed by atoms with Gasteiger partial charge in [0.05, 0.1) is 6.20 Å². The van der Waals surface area contributed by atoms with E-state index in [2.05, 4.69) is 10.4 Å². The number of carbonyl (C=O) groups is 1. The Bertz CT molecular complexity index is 394. The third-order valence-corrected chi connectivity index (χ3v) is 3.74. The Labute approximate surface area is 112 Å². The van der Waals surface area contributed by atoms with Crippen LogP contribution in [-0.2, 0) is 11.8 Å². The molecule has 1 rings (SSSR count). The SMILES string of the molecule is CCCNC(C)(CCSc1cnn(C)c1)C(=O)O. The summed E-state index contributed by atoms with van der Waals surface area (Å²) in [4.78, 5) is 12.4. The smallest absolute Gasteiger partial charge is 0.323 e. The van der Waals surface area contributed by atoms with E-state index in [4.69, 9.17) is 0 Å². The van der Waals surface area contributed by atoms with Gasteiger partial charge in [0.2, 0.25) is 0 Å².